The first-order valence-electron chi connectivity index (χ1n) is 8.75. The van der Waals surface area contributed by atoms with Crippen molar-refractivity contribution >= 4 is 22.8 Å². The van der Waals surface area contributed by atoms with E-state index < -0.39 is 5.56 Å². The van der Waals surface area contributed by atoms with E-state index in [0.29, 0.717) is 29.6 Å². The van der Waals surface area contributed by atoms with Crippen LogP contribution in [0.4, 0.5) is 0 Å². The zero-order valence-electron chi connectivity index (χ0n) is 15.0. The zero-order valence-corrected chi connectivity index (χ0v) is 15.0. The summed E-state index contributed by atoms with van der Waals surface area (Å²) >= 11 is 0. The summed E-state index contributed by atoms with van der Waals surface area (Å²) in [6, 6.07) is 14.5. The lowest BCUT2D eigenvalue weighted by Gasteiger charge is -2.12. The van der Waals surface area contributed by atoms with Gasteiger partial charge in [0.15, 0.2) is 5.49 Å². The Kier molecular flexibility index (Phi) is 5.30. The molecule has 1 aromatic heterocycles. The third-order valence-electron chi connectivity index (χ3n) is 4.24. The fourth-order valence-corrected chi connectivity index (χ4v) is 2.89. The van der Waals surface area contributed by atoms with E-state index in [-0.39, 0.29) is 17.2 Å². The first kappa shape index (κ1) is 18.3. The molecule has 0 bridgehead atoms. The molecule has 0 unspecified atom stereocenters. The molecule has 0 aliphatic rings. The predicted molar refractivity (Wildman–Crippen MR) is 104 cm³/mol. The lowest BCUT2D eigenvalue weighted by atomic mass is 10.1. The Labute approximate surface area is 155 Å². The minimum atomic E-state index is -0.592. The summed E-state index contributed by atoms with van der Waals surface area (Å²) in [5.74, 6) is -0.0772. The van der Waals surface area contributed by atoms with Gasteiger partial charge in [0.2, 0.25) is 0 Å². The Morgan fingerprint density at radius 3 is 2.63 bits per heavy atom. The van der Waals surface area contributed by atoms with Crippen LogP contribution < -0.4 is 16.4 Å². The van der Waals surface area contributed by atoms with Crippen molar-refractivity contribution in [3.05, 3.63) is 75.5 Å². The number of rotatable bonds is 5. The SMILES string of the molecule is CCCC(=N)n1c(=N)c(=O)[nH]c2cc(C(=O)NCc3ccccc3)ccc21. The second-order valence-electron chi connectivity index (χ2n) is 6.24. The van der Waals surface area contributed by atoms with Gasteiger partial charge in [-0.25, -0.2) is 0 Å². The Morgan fingerprint density at radius 1 is 1.19 bits per heavy atom. The van der Waals surface area contributed by atoms with E-state index in [1.54, 1.807) is 18.2 Å². The molecule has 0 aliphatic carbocycles. The maximum atomic E-state index is 12.4. The molecule has 2 aromatic carbocycles. The molecule has 0 atom stereocenters. The van der Waals surface area contributed by atoms with E-state index in [1.807, 2.05) is 37.3 Å². The van der Waals surface area contributed by atoms with E-state index in [1.165, 1.54) is 4.57 Å². The zero-order chi connectivity index (χ0) is 19.4. The van der Waals surface area contributed by atoms with E-state index in [9.17, 15) is 9.59 Å². The average molecular weight is 363 g/mol. The van der Waals surface area contributed by atoms with E-state index >= 15 is 0 Å². The number of H-pyrrole nitrogens is 1. The van der Waals surface area contributed by atoms with Gasteiger partial charge in [-0.1, -0.05) is 37.3 Å². The molecule has 0 spiro atoms. The van der Waals surface area contributed by atoms with Crippen molar-refractivity contribution in [2.24, 2.45) is 0 Å². The number of amides is 1. The Hall–Kier alpha value is -3.48. The van der Waals surface area contributed by atoms with E-state index in [0.717, 1.165) is 12.0 Å². The van der Waals surface area contributed by atoms with Crippen LogP contribution in [0.3, 0.4) is 0 Å². The van der Waals surface area contributed by atoms with Crippen molar-refractivity contribution < 1.29 is 4.79 Å². The minimum Gasteiger partial charge on any atom is -0.348 e. The molecule has 4 N–H and O–H groups in total. The predicted octanol–water partition coefficient (Wildman–Crippen LogP) is 2.36. The molecule has 3 aromatic rings. The van der Waals surface area contributed by atoms with Crippen molar-refractivity contribution in [2.75, 3.05) is 0 Å². The number of nitrogens with zero attached hydrogens (tertiary/aromatic N) is 1. The number of aromatic nitrogens is 2. The number of nitrogens with one attached hydrogen (secondary N) is 4. The lowest BCUT2D eigenvalue weighted by molar-refractivity contribution is 0.0951. The number of fused-ring (bicyclic) bond motifs is 1. The summed E-state index contributed by atoms with van der Waals surface area (Å²) in [4.78, 5) is 27.2. The molecular formula is C20H21N5O2. The summed E-state index contributed by atoms with van der Waals surface area (Å²) in [5.41, 5.74) is 1.46. The second-order valence-corrected chi connectivity index (χ2v) is 6.24. The normalized spacial score (nSPS) is 10.7. The Balaban J connectivity index is 1.94. The number of hydrogen-bond donors (Lipinski definition) is 4. The molecule has 1 heterocycles. The number of carbonyl (C=O) groups is 1. The summed E-state index contributed by atoms with van der Waals surface area (Å²) in [6.07, 6.45) is 1.19. The quantitative estimate of drug-likeness (QED) is 0.412. The number of hydrogen-bond acceptors (Lipinski definition) is 4. The van der Waals surface area contributed by atoms with E-state index in [4.69, 9.17) is 10.8 Å². The van der Waals surface area contributed by atoms with Crippen molar-refractivity contribution in [3.8, 4) is 0 Å². The third kappa shape index (κ3) is 3.87. The highest BCUT2D eigenvalue weighted by Gasteiger charge is 2.12. The van der Waals surface area contributed by atoms with Crippen molar-refractivity contribution in [1.82, 2.24) is 14.9 Å². The van der Waals surface area contributed by atoms with Crippen LogP contribution in [-0.2, 0) is 6.54 Å². The topological polar surface area (TPSA) is 115 Å². The molecule has 7 heteroatoms. The first-order valence-corrected chi connectivity index (χ1v) is 8.75. The largest absolute Gasteiger partial charge is 0.348 e. The summed E-state index contributed by atoms with van der Waals surface area (Å²) in [5, 5.41) is 19.0. The van der Waals surface area contributed by atoms with Crippen LogP contribution in [0.5, 0.6) is 0 Å². The van der Waals surface area contributed by atoms with Crippen molar-refractivity contribution in [3.63, 3.8) is 0 Å². The van der Waals surface area contributed by atoms with Crippen LogP contribution in [0.2, 0.25) is 0 Å². The van der Waals surface area contributed by atoms with Gasteiger partial charge in [-0.2, -0.15) is 0 Å². The third-order valence-corrected chi connectivity index (χ3v) is 4.24. The number of aromatic amines is 1. The fourth-order valence-electron chi connectivity index (χ4n) is 2.89. The molecule has 0 saturated heterocycles. The van der Waals surface area contributed by atoms with Gasteiger partial charge in [0.05, 0.1) is 11.0 Å². The summed E-state index contributed by atoms with van der Waals surface area (Å²) < 4.78 is 1.32. The molecule has 0 radical (unpaired) electrons. The van der Waals surface area contributed by atoms with Crippen LogP contribution in [0.25, 0.3) is 11.0 Å². The van der Waals surface area contributed by atoms with Gasteiger partial charge in [0.25, 0.3) is 11.5 Å². The highest BCUT2D eigenvalue weighted by atomic mass is 16.1. The van der Waals surface area contributed by atoms with Gasteiger partial charge in [-0.3, -0.25) is 25.0 Å². The molecule has 1 amide bonds. The van der Waals surface area contributed by atoms with Crippen molar-refractivity contribution in [2.45, 2.75) is 26.3 Å². The van der Waals surface area contributed by atoms with Gasteiger partial charge >= 0.3 is 0 Å². The van der Waals surface area contributed by atoms with Crippen LogP contribution in [0.15, 0.2) is 53.3 Å². The van der Waals surface area contributed by atoms with Crippen LogP contribution >= 0.6 is 0 Å². The van der Waals surface area contributed by atoms with Gasteiger partial charge < -0.3 is 10.3 Å². The van der Waals surface area contributed by atoms with Gasteiger partial charge in [0, 0.05) is 18.5 Å². The van der Waals surface area contributed by atoms with Crippen LogP contribution in [0, 0.1) is 10.8 Å². The Bertz CT molecular complexity index is 1110. The molecule has 0 aliphatic heterocycles. The summed E-state index contributed by atoms with van der Waals surface area (Å²) in [7, 11) is 0. The highest BCUT2D eigenvalue weighted by Crippen LogP contribution is 2.13. The maximum absolute atomic E-state index is 12.4. The maximum Gasteiger partial charge on any atom is 0.291 e. The molecule has 27 heavy (non-hydrogen) atoms. The highest BCUT2D eigenvalue weighted by molar-refractivity contribution is 5.98. The van der Waals surface area contributed by atoms with Gasteiger partial charge in [0.1, 0.15) is 5.84 Å². The monoisotopic (exact) mass is 363 g/mol. The van der Waals surface area contributed by atoms with Crippen molar-refractivity contribution in [1.29, 1.82) is 10.8 Å². The standard InChI is InChI=1S/C20H21N5O2/c1-2-6-17(21)25-16-10-9-14(11-15(16)24-20(27)18(25)22)19(26)23-12-13-7-4-3-5-8-13/h3-5,7-11,21-22H,2,6,12H2,1H3,(H,23,26)(H,24,27). The Morgan fingerprint density at radius 2 is 1.93 bits per heavy atom. The summed E-state index contributed by atoms with van der Waals surface area (Å²) in [6.45, 7) is 2.34. The minimum absolute atomic E-state index is 0.180. The number of benzene rings is 2. The number of carbonyl (C=O) groups excluding carboxylic acids is 1. The first-order chi connectivity index (χ1) is 13.0. The molecule has 7 nitrogen and oxygen atoms in total. The molecule has 0 saturated carbocycles. The fraction of sp³-hybridized carbons (Fsp3) is 0.200. The lowest BCUT2D eigenvalue weighted by Crippen LogP contribution is -2.39. The van der Waals surface area contributed by atoms with Crippen LogP contribution in [0.1, 0.15) is 35.7 Å². The smallest absolute Gasteiger partial charge is 0.291 e. The van der Waals surface area contributed by atoms with Gasteiger partial charge in [-0.15, -0.1) is 0 Å². The average Bonchev–Trinajstić information content (AvgIpc) is 2.67. The molecular weight excluding hydrogens is 342 g/mol. The van der Waals surface area contributed by atoms with E-state index in [2.05, 4.69) is 10.3 Å². The molecule has 0 fully saturated rings. The molecule has 138 valence electrons. The molecule has 3 rings (SSSR count). The van der Waals surface area contributed by atoms with Crippen LogP contribution in [-0.4, -0.2) is 21.3 Å². The van der Waals surface area contributed by atoms with Gasteiger partial charge in [-0.05, 0) is 30.2 Å². The second kappa shape index (κ2) is 7.82.